The predicted octanol–water partition coefficient (Wildman–Crippen LogP) is 4.17. The Morgan fingerprint density at radius 2 is 1.75 bits per heavy atom. The Hall–Kier alpha value is -2.83. The lowest BCUT2D eigenvalue weighted by Gasteiger charge is -2.17. The Kier molecular flexibility index (Phi) is 5.23. The Morgan fingerprint density at radius 3 is 2.25 bits per heavy atom. The summed E-state index contributed by atoms with van der Waals surface area (Å²) in [6, 6.07) is 4.35. The molecular formula is C17H15F3N2O2. The first kappa shape index (κ1) is 17.5. The maximum absolute atomic E-state index is 12.6. The number of aromatic nitrogens is 1. The van der Waals surface area contributed by atoms with E-state index in [0.717, 1.165) is 12.1 Å². The number of rotatable bonds is 6. The van der Waals surface area contributed by atoms with Gasteiger partial charge in [-0.1, -0.05) is 12.2 Å². The van der Waals surface area contributed by atoms with E-state index in [0.29, 0.717) is 18.7 Å². The zero-order valence-electron chi connectivity index (χ0n) is 12.7. The summed E-state index contributed by atoms with van der Waals surface area (Å²) in [5, 5.41) is 0. The number of oxazole rings is 1. The average molecular weight is 336 g/mol. The highest BCUT2D eigenvalue weighted by atomic mass is 19.4. The summed E-state index contributed by atoms with van der Waals surface area (Å²) >= 11 is 0. The number of hydrogen-bond acceptors (Lipinski definition) is 3. The van der Waals surface area contributed by atoms with Crippen molar-refractivity contribution in [2.24, 2.45) is 0 Å². The normalized spacial score (nSPS) is 11.1. The summed E-state index contributed by atoms with van der Waals surface area (Å²) in [5.74, 6) is -0.305. The van der Waals surface area contributed by atoms with Crippen LogP contribution >= 0.6 is 0 Å². The minimum absolute atomic E-state index is 0.0635. The van der Waals surface area contributed by atoms with E-state index in [1.165, 1.54) is 23.3 Å². The molecule has 0 aliphatic rings. The van der Waals surface area contributed by atoms with Gasteiger partial charge in [0.05, 0.1) is 5.56 Å². The SMILES string of the molecule is C=CCN(CC=C)C(=O)c1coc(-c2ccc(C(F)(F)F)cc2)n1. The Bertz CT molecular complexity index is 723. The van der Waals surface area contributed by atoms with Crippen molar-refractivity contribution in [2.45, 2.75) is 6.18 Å². The molecule has 0 atom stereocenters. The molecule has 1 aromatic heterocycles. The van der Waals surface area contributed by atoms with E-state index in [9.17, 15) is 18.0 Å². The second-order valence-corrected chi connectivity index (χ2v) is 4.90. The van der Waals surface area contributed by atoms with Gasteiger partial charge in [-0.15, -0.1) is 13.2 Å². The lowest BCUT2D eigenvalue weighted by Crippen LogP contribution is -2.31. The highest BCUT2D eigenvalue weighted by molar-refractivity contribution is 5.92. The second-order valence-electron chi connectivity index (χ2n) is 4.90. The van der Waals surface area contributed by atoms with Gasteiger partial charge in [0.2, 0.25) is 5.89 Å². The first-order valence-corrected chi connectivity index (χ1v) is 7.01. The van der Waals surface area contributed by atoms with Crippen LogP contribution in [0.15, 0.2) is 60.3 Å². The molecule has 2 rings (SSSR count). The summed E-state index contributed by atoms with van der Waals surface area (Å²) in [4.78, 5) is 17.8. The van der Waals surface area contributed by atoms with E-state index in [2.05, 4.69) is 18.1 Å². The average Bonchev–Trinajstić information content (AvgIpc) is 3.03. The third-order valence-electron chi connectivity index (χ3n) is 3.17. The number of hydrogen-bond donors (Lipinski definition) is 0. The summed E-state index contributed by atoms with van der Waals surface area (Å²) in [7, 11) is 0. The molecule has 1 amide bonds. The maximum atomic E-state index is 12.6. The van der Waals surface area contributed by atoms with Crippen LogP contribution in [0.25, 0.3) is 11.5 Å². The van der Waals surface area contributed by atoms with Crippen molar-refractivity contribution in [2.75, 3.05) is 13.1 Å². The van der Waals surface area contributed by atoms with Gasteiger partial charge in [0.25, 0.3) is 5.91 Å². The van der Waals surface area contributed by atoms with Crippen LogP contribution in [0.2, 0.25) is 0 Å². The van der Waals surface area contributed by atoms with Gasteiger partial charge in [-0.25, -0.2) is 4.98 Å². The molecule has 126 valence electrons. The quantitative estimate of drug-likeness (QED) is 0.744. The molecule has 0 radical (unpaired) electrons. The number of halogens is 3. The third kappa shape index (κ3) is 3.92. The third-order valence-corrected chi connectivity index (χ3v) is 3.17. The minimum Gasteiger partial charge on any atom is -0.444 e. The van der Waals surface area contributed by atoms with Crippen molar-refractivity contribution in [3.63, 3.8) is 0 Å². The molecular weight excluding hydrogens is 321 g/mol. The number of carbonyl (C=O) groups is 1. The summed E-state index contributed by atoms with van der Waals surface area (Å²) in [6.45, 7) is 7.78. The first-order chi connectivity index (χ1) is 11.4. The van der Waals surface area contributed by atoms with E-state index in [-0.39, 0.29) is 17.5 Å². The van der Waals surface area contributed by atoms with Crippen LogP contribution in [-0.4, -0.2) is 28.9 Å². The first-order valence-electron chi connectivity index (χ1n) is 7.01. The zero-order valence-corrected chi connectivity index (χ0v) is 12.7. The smallest absolute Gasteiger partial charge is 0.416 e. The molecule has 0 bridgehead atoms. The topological polar surface area (TPSA) is 46.3 Å². The van der Waals surface area contributed by atoms with Gasteiger partial charge in [0.1, 0.15) is 6.26 Å². The van der Waals surface area contributed by atoms with Crippen LogP contribution < -0.4 is 0 Å². The fraction of sp³-hybridized carbons (Fsp3) is 0.176. The fourth-order valence-electron chi connectivity index (χ4n) is 2.02. The molecule has 2 aromatic rings. The lowest BCUT2D eigenvalue weighted by molar-refractivity contribution is -0.137. The summed E-state index contributed by atoms with van der Waals surface area (Å²) in [5.41, 5.74) is -0.355. The molecule has 0 unspecified atom stereocenters. The van der Waals surface area contributed by atoms with Crippen molar-refractivity contribution in [3.8, 4) is 11.5 Å². The van der Waals surface area contributed by atoms with Gasteiger partial charge in [0, 0.05) is 18.7 Å². The van der Waals surface area contributed by atoms with Crippen molar-refractivity contribution in [3.05, 3.63) is 67.1 Å². The number of alkyl halides is 3. The highest BCUT2D eigenvalue weighted by Crippen LogP contribution is 2.30. The van der Waals surface area contributed by atoms with E-state index in [1.54, 1.807) is 12.2 Å². The van der Waals surface area contributed by atoms with E-state index in [4.69, 9.17) is 4.42 Å². The lowest BCUT2D eigenvalue weighted by atomic mass is 10.1. The molecule has 7 heteroatoms. The minimum atomic E-state index is -4.41. The molecule has 0 fully saturated rings. The van der Waals surface area contributed by atoms with E-state index in [1.807, 2.05) is 0 Å². The standard InChI is InChI=1S/C17H15F3N2O2/c1-3-9-22(10-4-2)16(23)14-11-24-15(21-14)12-5-7-13(8-6-12)17(18,19)20/h3-8,11H,1-2,9-10H2. The number of nitrogens with zero attached hydrogens (tertiary/aromatic N) is 2. The highest BCUT2D eigenvalue weighted by Gasteiger charge is 2.30. The molecule has 1 aromatic carbocycles. The molecule has 0 saturated heterocycles. The molecule has 0 aliphatic heterocycles. The van der Waals surface area contributed by atoms with Gasteiger partial charge in [0.15, 0.2) is 5.69 Å². The monoisotopic (exact) mass is 336 g/mol. The molecule has 4 nitrogen and oxygen atoms in total. The number of amides is 1. The fourth-order valence-corrected chi connectivity index (χ4v) is 2.02. The summed E-state index contributed by atoms with van der Waals surface area (Å²) in [6.07, 6.45) is -0.100. The van der Waals surface area contributed by atoms with E-state index >= 15 is 0 Å². The van der Waals surface area contributed by atoms with Crippen molar-refractivity contribution in [1.29, 1.82) is 0 Å². The second kappa shape index (κ2) is 7.16. The predicted molar refractivity (Wildman–Crippen MR) is 83.2 cm³/mol. The van der Waals surface area contributed by atoms with Crippen LogP contribution in [-0.2, 0) is 6.18 Å². The molecule has 24 heavy (non-hydrogen) atoms. The summed E-state index contributed by atoms with van der Waals surface area (Å²) < 4.78 is 42.9. The van der Waals surface area contributed by atoms with Crippen LogP contribution in [0.4, 0.5) is 13.2 Å². The van der Waals surface area contributed by atoms with Gasteiger partial charge in [-0.05, 0) is 24.3 Å². The van der Waals surface area contributed by atoms with Crippen LogP contribution in [0.5, 0.6) is 0 Å². The van der Waals surface area contributed by atoms with Crippen molar-refractivity contribution in [1.82, 2.24) is 9.88 Å². The van der Waals surface area contributed by atoms with E-state index < -0.39 is 11.7 Å². The Morgan fingerprint density at radius 1 is 1.17 bits per heavy atom. The Balaban J connectivity index is 2.22. The molecule has 0 N–H and O–H groups in total. The van der Waals surface area contributed by atoms with Crippen LogP contribution in [0.1, 0.15) is 16.1 Å². The largest absolute Gasteiger partial charge is 0.444 e. The van der Waals surface area contributed by atoms with Gasteiger partial charge < -0.3 is 9.32 Å². The maximum Gasteiger partial charge on any atom is 0.416 e. The van der Waals surface area contributed by atoms with Crippen molar-refractivity contribution < 1.29 is 22.4 Å². The molecule has 0 saturated carbocycles. The van der Waals surface area contributed by atoms with Gasteiger partial charge >= 0.3 is 6.18 Å². The van der Waals surface area contributed by atoms with Gasteiger partial charge in [-0.3, -0.25) is 4.79 Å². The Labute approximate surface area is 136 Å². The number of benzene rings is 1. The number of carbonyl (C=O) groups excluding carboxylic acids is 1. The zero-order chi connectivity index (χ0) is 17.7. The van der Waals surface area contributed by atoms with Gasteiger partial charge in [-0.2, -0.15) is 13.2 Å². The van der Waals surface area contributed by atoms with Crippen LogP contribution in [0, 0.1) is 0 Å². The molecule has 0 aliphatic carbocycles. The van der Waals surface area contributed by atoms with Crippen LogP contribution in [0.3, 0.4) is 0 Å². The molecule has 0 spiro atoms. The van der Waals surface area contributed by atoms with Crippen molar-refractivity contribution >= 4 is 5.91 Å². The molecule has 1 heterocycles.